The number of carbonyl (C=O) groups is 1. The molecule has 0 radical (unpaired) electrons. The first-order valence-electron chi connectivity index (χ1n) is 7.40. The van der Waals surface area contributed by atoms with Gasteiger partial charge < -0.3 is 9.73 Å². The number of carbonyl (C=O) groups excluding carboxylic acids is 1. The number of anilines is 1. The molecule has 0 aliphatic heterocycles. The number of hydrogen-bond donors (Lipinski definition) is 1. The molecule has 7 nitrogen and oxygen atoms in total. The van der Waals surface area contributed by atoms with Crippen LogP contribution in [0.4, 0.5) is 5.69 Å². The molecule has 0 spiro atoms. The highest BCUT2D eigenvalue weighted by Crippen LogP contribution is 2.17. The van der Waals surface area contributed by atoms with Gasteiger partial charge in [0.05, 0.1) is 5.75 Å². The van der Waals surface area contributed by atoms with Gasteiger partial charge in [0.2, 0.25) is 11.8 Å². The van der Waals surface area contributed by atoms with Crippen molar-refractivity contribution in [3.05, 3.63) is 53.7 Å². The van der Waals surface area contributed by atoms with Crippen LogP contribution in [0.3, 0.4) is 0 Å². The van der Waals surface area contributed by atoms with E-state index >= 15 is 0 Å². The number of aryl methyl sites for hydroxylation is 2. The highest BCUT2D eigenvalue weighted by molar-refractivity contribution is 7.99. The Morgan fingerprint density at radius 1 is 1.21 bits per heavy atom. The lowest BCUT2D eigenvalue weighted by molar-refractivity contribution is -0.113. The fraction of sp³-hybridized carbons (Fsp3) is 0.250. The molecule has 3 rings (SSSR count). The number of hydrogen-bond acceptors (Lipinski definition) is 6. The minimum absolute atomic E-state index is 0.119. The largest absolute Gasteiger partial charge is 0.414 e. The summed E-state index contributed by atoms with van der Waals surface area (Å²) in [5.41, 5.74) is 2.93. The molecule has 0 saturated carbocycles. The molecule has 1 aromatic carbocycles. The molecule has 0 fully saturated rings. The first-order chi connectivity index (χ1) is 11.6. The van der Waals surface area contributed by atoms with Crippen LogP contribution in [-0.2, 0) is 11.3 Å². The van der Waals surface area contributed by atoms with Crippen LogP contribution in [-0.4, -0.2) is 31.6 Å². The van der Waals surface area contributed by atoms with Crippen LogP contribution < -0.4 is 5.32 Å². The Balaban J connectivity index is 1.50. The maximum absolute atomic E-state index is 11.9. The standard InChI is InChI=1S/C16H17N5O2S/c1-11-3-5-13(6-4-11)18-14(22)10-24-16-20-19-15(23-16)9-21-12(2)7-8-17-21/h3-8H,9-10H2,1-2H3,(H,18,22). The van der Waals surface area contributed by atoms with E-state index in [1.165, 1.54) is 11.8 Å². The van der Waals surface area contributed by atoms with Crippen molar-refractivity contribution in [1.29, 1.82) is 0 Å². The number of thioether (sulfide) groups is 1. The third kappa shape index (κ3) is 4.23. The van der Waals surface area contributed by atoms with Gasteiger partial charge in [-0.15, -0.1) is 10.2 Å². The van der Waals surface area contributed by atoms with Gasteiger partial charge in [0.25, 0.3) is 5.22 Å². The number of aromatic nitrogens is 4. The van der Waals surface area contributed by atoms with Gasteiger partial charge in [0.1, 0.15) is 6.54 Å². The highest BCUT2D eigenvalue weighted by atomic mass is 32.2. The van der Waals surface area contributed by atoms with Gasteiger partial charge >= 0.3 is 0 Å². The van der Waals surface area contributed by atoms with E-state index in [9.17, 15) is 4.79 Å². The molecule has 0 atom stereocenters. The summed E-state index contributed by atoms with van der Waals surface area (Å²) in [6.07, 6.45) is 1.72. The fourth-order valence-corrected chi connectivity index (χ4v) is 2.59. The predicted molar refractivity (Wildman–Crippen MR) is 90.9 cm³/mol. The van der Waals surface area contributed by atoms with E-state index in [2.05, 4.69) is 20.6 Å². The fourth-order valence-electron chi connectivity index (χ4n) is 2.01. The number of nitrogens with zero attached hydrogens (tertiary/aromatic N) is 4. The molecule has 0 unspecified atom stereocenters. The van der Waals surface area contributed by atoms with E-state index < -0.39 is 0 Å². The van der Waals surface area contributed by atoms with Crippen molar-refractivity contribution in [2.24, 2.45) is 0 Å². The maximum Gasteiger partial charge on any atom is 0.277 e. The van der Waals surface area contributed by atoms with Gasteiger partial charge in [-0.25, -0.2) is 0 Å². The summed E-state index contributed by atoms with van der Waals surface area (Å²) in [6, 6.07) is 9.54. The predicted octanol–water partition coefficient (Wildman–Crippen LogP) is 2.66. The van der Waals surface area contributed by atoms with Gasteiger partial charge in [-0.05, 0) is 32.0 Å². The molecule has 0 saturated heterocycles. The zero-order chi connectivity index (χ0) is 16.9. The van der Waals surface area contributed by atoms with Crippen molar-refractivity contribution >= 4 is 23.4 Å². The topological polar surface area (TPSA) is 85.8 Å². The van der Waals surface area contributed by atoms with E-state index in [0.29, 0.717) is 17.7 Å². The van der Waals surface area contributed by atoms with Gasteiger partial charge in [0, 0.05) is 17.6 Å². The van der Waals surface area contributed by atoms with E-state index in [1.807, 2.05) is 44.2 Å². The van der Waals surface area contributed by atoms with Crippen LogP contribution in [0, 0.1) is 13.8 Å². The van der Waals surface area contributed by atoms with Crippen molar-refractivity contribution in [3.63, 3.8) is 0 Å². The van der Waals surface area contributed by atoms with E-state index in [0.717, 1.165) is 16.9 Å². The summed E-state index contributed by atoms with van der Waals surface area (Å²) in [6.45, 7) is 4.37. The quantitative estimate of drug-likeness (QED) is 0.693. The maximum atomic E-state index is 11.9. The molecule has 0 aliphatic carbocycles. The number of rotatable bonds is 6. The molecule has 1 amide bonds. The van der Waals surface area contributed by atoms with Crippen LogP contribution >= 0.6 is 11.8 Å². The third-order valence-corrected chi connectivity index (χ3v) is 4.14. The lowest BCUT2D eigenvalue weighted by Crippen LogP contribution is -2.13. The molecule has 124 valence electrons. The Bertz CT molecular complexity index is 825. The second-order valence-corrected chi connectivity index (χ2v) is 6.22. The van der Waals surface area contributed by atoms with Gasteiger partial charge in [-0.3, -0.25) is 9.48 Å². The van der Waals surface area contributed by atoms with Crippen molar-refractivity contribution < 1.29 is 9.21 Å². The zero-order valence-electron chi connectivity index (χ0n) is 13.4. The molecule has 0 bridgehead atoms. The number of nitrogens with one attached hydrogen (secondary N) is 1. The minimum atomic E-state index is -0.119. The Morgan fingerprint density at radius 2 is 2.00 bits per heavy atom. The summed E-state index contributed by atoms with van der Waals surface area (Å²) < 4.78 is 7.30. The average molecular weight is 343 g/mol. The molecular formula is C16H17N5O2S. The Morgan fingerprint density at radius 3 is 2.71 bits per heavy atom. The molecule has 2 heterocycles. The van der Waals surface area contributed by atoms with Crippen LogP contribution in [0.25, 0.3) is 0 Å². The number of amides is 1. The molecule has 2 aromatic heterocycles. The normalized spacial score (nSPS) is 10.8. The summed E-state index contributed by atoms with van der Waals surface area (Å²) in [5, 5.41) is 15.3. The average Bonchev–Trinajstić information content (AvgIpc) is 3.18. The smallest absolute Gasteiger partial charge is 0.277 e. The Hall–Kier alpha value is -2.61. The SMILES string of the molecule is Cc1ccc(NC(=O)CSc2nnc(Cn3nccc3C)o2)cc1. The highest BCUT2D eigenvalue weighted by Gasteiger charge is 2.11. The summed E-state index contributed by atoms with van der Waals surface area (Å²) in [7, 11) is 0. The Labute approximate surface area is 143 Å². The summed E-state index contributed by atoms with van der Waals surface area (Å²) in [4.78, 5) is 11.9. The van der Waals surface area contributed by atoms with Crippen molar-refractivity contribution in [2.45, 2.75) is 25.6 Å². The van der Waals surface area contributed by atoms with E-state index in [1.54, 1.807) is 10.9 Å². The van der Waals surface area contributed by atoms with Crippen molar-refractivity contribution in [3.8, 4) is 0 Å². The van der Waals surface area contributed by atoms with Crippen LogP contribution in [0.15, 0.2) is 46.2 Å². The second kappa shape index (κ2) is 7.31. The van der Waals surface area contributed by atoms with Crippen molar-refractivity contribution in [1.82, 2.24) is 20.0 Å². The summed E-state index contributed by atoms with van der Waals surface area (Å²) >= 11 is 1.21. The molecule has 0 aliphatic rings. The minimum Gasteiger partial charge on any atom is -0.414 e. The van der Waals surface area contributed by atoms with Crippen LogP contribution in [0.2, 0.25) is 0 Å². The van der Waals surface area contributed by atoms with Gasteiger partial charge in [-0.1, -0.05) is 29.5 Å². The van der Waals surface area contributed by atoms with Crippen molar-refractivity contribution in [2.75, 3.05) is 11.1 Å². The first kappa shape index (κ1) is 16.3. The molecule has 8 heteroatoms. The molecule has 3 aromatic rings. The van der Waals surface area contributed by atoms with E-state index in [-0.39, 0.29) is 11.7 Å². The third-order valence-electron chi connectivity index (χ3n) is 3.32. The number of benzene rings is 1. The van der Waals surface area contributed by atoms with Gasteiger partial charge in [0.15, 0.2) is 0 Å². The molecular weight excluding hydrogens is 326 g/mol. The van der Waals surface area contributed by atoms with Gasteiger partial charge in [-0.2, -0.15) is 5.10 Å². The second-order valence-electron chi connectivity index (χ2n) is 5.29. The van der Waals surface area contributed by atoms with Crippen LogP contribution in [0.1, 0.15) is 17.1 Å². The summed E-state index contributed by atoms with van der Waals surface area (Å²) in [5.74, 6) is 0.547. The first-order valence-corrected chi connectivity index (χ1v) is 8.39. The van der Waals surface area contributed by atoms with Crippen LogP contribution in [0.5, 0.6) is 0 Å². The Kier molecular flexibility index (Phi) is 4.95. The monoisotopic (exact) mass is 343 g/mol. The lowest BCUT2D eigenvalue weighted by Gasteiger charge is -2.04. The lowest BCUT2D eigenvalue weighted by atomic mass is 10.2. The zero-order valence-corrected chi connectivity index (χ0v) is 14.2. The molecule has 24 heavy (non-hydrogen) atoms. The van der Waals surface area contributed by atoms with E-state index in [4.69, 9.17) is 4.42 Å². The molecule has 1 N–H and O–H groups in total.